The van der Waals surface area contributed by atoms with Crippen molar-refractivity contribution < 1.29 is 18.7 Å². The lowest BCUT2D eigenvalue weighted by atomic mass is 10.3. The van der Waals surface area contributed by atoms with Crippen LogP contribution < -0.4 is 4.74 Å². The molecule has 0 unspecified atom stereocenters. The van der Waals surface area contributed by atoms with Crippen LogP contribution in [0.4, 0.5) is 4.39 Å². The van der Waals surface area contributed by atoms with E-state index in [0.717, 1.165) is 0 Å². The molecule has 0 aliphatic carbocycles. The number of pyridine rings is 1. The fourth-order valence-electron chi connectivity index (χ4n) is 2.19. The van der Waals surface area contributed by atoms with Gasteiger partial charge in [-0.3, -0.25) is 4.40 Å². The van der Waals surface area contributed by atoms with Gasteiger partial charge in [-0.05, 0) is 30.3 Å². The van der Waals surface area contributed by atoms with E-state index in [1.54, 1.807) is 22.7 Å². The number of para-hydroxylation sites is 1. The van der Waals surface area contributed by atoms with Gasteiger partial charge in [-0.2, -0.15) is 0 Å². The summed E-state index contributed by atoms with van der Waals surface area (Å²) in [6.45, 7) is 0.0509. The summed E-state index contributed by atoms with van der Waals surface area (Å²) in [7, 11) is 0. The maximum absolute atomic E-state index is 13.4. The summed E-state index contributed by atoms with van der Waals surface area (Å²) in [5, 5.41) is 0.290. The normalized spacial score (nSPS) is 11.1. The average Bonchev–Trinajstić information content (AvgIpc) is 2.93. The molecule has 3 aromatic rings. The van der Waals surface area contributed by atoms with Gasteiger partial charge in [0.25, 0.3) is 0 Å². The van der Waals surface area contributed by atoms with Crippen molar-refractivity contribution in [2.45, 2.75) is 0 Å². The Morgan fingerprint density at radius 1 is 1.20 bits per heavy atom. The van der Waals surface area contributed by atoms with Gasteiger partial charge in [-0.1, -0.05) is 29.8 Å². The van der Waals surface area contributed by atoms with Gasteiger partial charge in [0.15, 0.2) is 16.7 Å². The highest BCUT2D eigenvalue weighted by atomic mass is 35.5. The minimum atomic E-state index is -0.556. The van der Waals surface area contributed by atoms with Crippen LogP contribution in [0.25, 0.3) is 11.7 Å². The molecule has 2 heterocycles. The molecular formula is C18H14ClFN2O3. The number of fused-ring (bicyclic) bond motifs is 1. The molecule has 0 N–H and O–H groups in total. The lowest BCUT2D eigenvalue weighted by Crippen LogP contribution is -2.10. The van der Waals surface area contributed by atoms with Crippen LogP contribution in [0.15, 0.2) is 54.7 Å². The first-order valence-electron chi connectivity index (χ1n) is 7.50. The van der Waals surface area contributed by atoms with E-state index < -0.39 is 11.8 Å². The van der Waals surface area contributed by atoms with Crippen LogP contribution in [0, 0.1) is 5.82 Å². The molecule has 7 heteroatoms. The second kappa shape index (κ2) is 7.81. The molecule has 0 aliphatic heterocycles. The highest BCUT2D eigenvalue weighted by Crippen LogP contribution is 2.19. The summed E-state index contributed by atoms with van der Waals surface area (Å²) in [4.78, 5) is 15.9. The first-order valence-corrected chi connectivity index (χ1v) is 7.87. The Kier molecular flexibility index (Phi) is 5.30. The zero-order valence-corrected chi connectivity index (χ0v) is 13.8. The minimum absolute atomic E-state index is 0.00160. The smallest absolute Gasteiger partial charge is 0.330 e. The third kappa shape index (κ3) is 4.16. The molecule has 0 atom stereocenters. The predicted octanol–water partition coefficient (Wildman–Crippen LogP) is 3.76. The zero-order valence-electron chi connectivity index (χ0n) is 13.1. The predicted molar refractivity (Wildman–Crippen MR) is 92.1 cm³/mol. The molecule has 0 saturated carbocycles. The van der Waals surface area contributed by atoms with E-state index in [0.29, 0.717) is 11.3 Å². The van der Waals surface area contributed by atoms with Crippen molar-refractivity contribution >= 4 is 29.3 Å². The first kappa shape index (κ1) is 17.0. The van der Waals surface area contributed by atoms with Gasteiger partial charge < -0.3 is 9.47 Å². The average molecular weight is 361 g/mol. The fourth-order valence-corrected chi connectivity index (χ4v) is 2.43. The second-order valence-electron chi connectivity index (χ2n) is 5.00. The van der Waals surface area contributed by atoms with Crippen molar-refractivity contribution in [1.29, 1.82) is 0 Å². The van der Waals surface area contributed by atoms with Gasteiger partial charge in [0, 0.05) is 12.3 Å². The van der Waals surface area contributed by atoms with E-state index in [4.69, 9.17) is 21.1 Å². The molecule has 0 aliphatic rings. The van der Waals surface area contributed by atoms with Crippen molar-refractivity contribution in [1.82, 2.24) is 9.38 Å². The molecule has 0 spiro atoms. The minimum Gasteiger partial charge on any atom is -0.487 e. The lowest BCUT2D eigenvalue weighted by Gasteiger charge is -2.06. The first-order chi connectivity index (χ1) is 12.1. The highest BCUT2D eigenvalue weighted by Gasteiger charge is 2.08. The van der Waals surface area contributed by atoms with Crippen LogP contribution in [-0.4, -0.2) is 28.6 Å². The van der Waals surface area contributed by atoms with E-state index in [9.17, 15) is 9.18 Å². The Balaban J connectivity index is 1.53. The Bertz CT molecular complexity index is 924. The summed E-state index contributed by atoms with van der Waals surface area (Å²) >= 11 is 6.07. The number of ether oxygens (including phenoxy) is 2. The van der Waals surface area contributed by atoms with Crippen molar-refractivity contribution in [3.05, 3.63) is 71.4 Å². The standard InChI is InChI=1S/C18H14ClFN2O3/c19-18-14(22-10-4-3-7-16(22)21-18)8-9-17(23)25-12-11-24-15-6-2-1-5-13(15)20/h1-10H,11-12H2/b9-8+. The Labute approximate surface area is 148 Å². The van der Waals surface area contributed by atoms with Crippen LogP contribution in [0.3, 0.4) is 0 Å². The number of carbonyl (C=O) groups is 1. The molecule has 0 fully saturated rings. The van der Waals surface area contributed by atoms with E-state index in [-0.39, 0.29) is 24.1 Å². The van der Waals surface area contributed by atoms with E-state index in [1.807, 2.05) is 18.2 Å². The van der Waals surface area contributed by atoms with Crippen LogP contribution in [0.1, 0.15) is 5.69 Å². The van der Waals surface area contributed by atoms with Crippen molar-refractivity contribution in [2.75, 3.05) is 13.2 Å². The largest absolute Gasteiger partial charge is 0.487 e. The number of halogens is 2. The number of rotatable bonds is 6. The molecule has 2 aromatic heterocycles. The maximum Gasteiger partial charge on any atom is 0.330 e. The molecular weight excluding hydrogens is 347 g/mol. The van der Waals surface area contributed by atoms with Gasteiger partial charge in [-0.15, -0.1) is 0 Å². The highest BCUT2D eigenvalue weighted by molar-refractivity contribution is 6.31. The molecule has 128 valence electrons. The van der Waals surface area contributed by atoms with Gasteiger partial charge >= 0.3 is 5.97 Å². The molecule has 0 saturated heterocycles. The molecule has 0 amide bonds. The number of nitrogens with zero attached hydrogens (tertiary/aromatic N) is 2. The number of esters is 1. The lowest BCUT2D eigenvalue weighted by molar-refractivity contribution is -0.138. The summed E-state index contributed by atoms with van der Waals surface area (Å²) in [6, 6.07) is 11.5. The molecule has 5 nitrogen and oxygen atoms in total. The monoisotopic (exact) mass is 360 g/mol. The Hall–Kier alpha value is -2.86. The maximum atomic E-state index is 13.4. The second-order valence-corrected chi connectivity index (χ2v) is 5.35. The Morgan fingerprint density at radius 2 is 2.00 bits per heavy atom. The van der Waals surface area contributed by atoms with Gasteiger partial charge in [0.1, 0.15) is 18.9 Å². The van der Waals surface area contributed by atoms with Crippen LogP contribution in [-0.2, 0) is 9.53 Å². The van der Waals surface area contributed by atoms with Gasteiger partial charge in [0.2, 0.25) is 0 Å². The molecule has 0 bridgehead atoms. The third-order valence-electron chi connectivity index (χ3n) is 3.32. The number of carbonyl (C=O) groups excluding carboxylic acids is 1. The van der Waals surface area contributed by atoms with Crippen LogP contribution >= 0.6 is 11.6 Å². The van der Waals surface area contributed by atoms with Gasteiger partial charge in [0.05, 0.1) is 5.69 Å². The van der Waals surface area contributed by atoms with E-state index in [1.165, 1.54) is 24.3 Å². The molecule has 25 heavy (non-hydrogen) atoms. The SMILES string of the molecule is O=C(/C=C/c1c(Cl)nc2ccccn12)OCCOc1ccccc1F. The quantitative estimate of drug-likeness (QED) is 0.381. The van der Waals surface area contributed by atoms with Crippen LogP contribution in [0.5, 0.6) is 5.75 Å². The van der Waals surface area contributed by atoms with Gasteiger partial charge in [-0.25, -0.2) is 14.2 Å². The number of benzene rings is 1. The topological polar surface area (TPSA) is 52.8 Å². The van der Waals surface area contributed by atoms with Crippen molar-refractivity contribution in [3.63, 3.8) is 0 Å². The molecule has 0 radical (unpaired) electrons. The molecule has 3 rings (SSSR count). The summed E-state index contributed by atoms with van der Waals surface area (Å²) < 4.78 is 25.3. The zero-order chi connectivity index (χ0) is 17.6. The van der Waals surface area contributed by atoms with E-state index in [2.05, 4.69) is 4.98 Å². The van der Waals surface area contributed by atoms with Crippen LogP contribution in [0.2, 0.25) is 5.15 Å². The number of hydrogen-bond acceptors (Lipinski definition) is 4. The van der Waals surface area contributed by atoms with Crippen molar-refractivity contribution in [2.24, 2.45) is 0 Å². The number of imidazole rings is 1. The number of aromatic nitrogens is 2. The summed E-state index contributed by atoms with van der Waals surface area (Å²) in [5.41, 5.74) is 1.26. The van der Waals surface area contributed by atoms with E-state index >= 15 is 0 Å². The summed E-state index contributed by atoms with van der Waals surface area (Å²) in [6.07, 6.45) is 4.58. The third-order valence-corrected chi connectivity index (χ3v) is 3.60. The summed E-state index contributed by atoms with van der Waals surface area (Å²) in [5.74, 6) is -0.901. The Morgan fingerprint density at radius 3 is 2.84 bits per heavy atom. The number of hydrogen-bond donors (Lipinski definition) is 0. The van der Waals surface area contributed by atoms with Crippen molar-refractivity contribution in [3.8, 4) is 5.75 Å². The molecule has 1 aromatic carbocycles. The fraction of sp³-hybridized carbons (Fsp3) is 0.111.